The van der Waals surface area contributed by atoms with E-state index in [4.69, 9.17) is 0 Å². The Morgan fingerprint density at radius 3 is 2.24 bits per heavy atom. The number of benzene rings is 1. The molecule has 184 valence electrons. The van der Waals surface area contributed by atoms with Crippen LogP contribution < -0.4 is 20.0 Å². The maximum absolute atomic E-state index is 14.7. The number of hydrogen-bond acceptors (Lipinski definition) is 7. The molecule has 1 saturated carbocycles. The van der Waals surface area contributed by atoms with Crippen molar-refractivity contribution in [1.29, 1.82) is 0 Å². The van der Waals surface area contributed by atoms with Gasteiger partial charge in [0.1, 0.15) is 5.82 Å². The molecule has 2 aliphatic heterocycles. The molecule has 0 atom stereocenters. The largest absolute Gasteiger partial charge is 0.371 e. The van der Waals surface area contributed by atoms with Crippen LogP contribution >= 0.6 is 11.5 Å². The molecule has 5 rings (SSSR count). The Hall–Kier alpha value is -2.42. The summed E-state index contributed by atoms with van der Waals surface area (Å²) in [5.41, 5.74) is 0.881. The van der Waals surface area contributed by atoms with Gasteiger partial charge < -0.3 is 20.0 Å². The molecule has 2 aromatic rings. The van der Waals surface area contributed by atoms with E-state index >= 15 is 0 Å². The summed E-state index contributed by atoms with van der Waals surface area (Å²) in [4.78, 5) is 23.6. The first-order valence-corrected chi connectivity index (χ1v) is 13.2. The van der Waals surface area contributed by atoms with Gasteiger partial charge in [0, 0.05) is 63.0 Å². The summed E-state index contributed by atoms with van der Waals surface area (Å²) in [6.45, 7) is 5.97. The van der Waals surface area contributed by atoms with Crippen molar-refractivity contribution in [1.82, 2.24) is 14.7 Å². The molecule has 1 aliphatic carbocycles. The highest BCUT2D eigenvalue weighted by Crippen LogP contribution is 2.37. The van der Waals surface area contributed by atoms with Crippen LogP contribution in [0.15, 0.2) is 18.2 Å². The first kappa shape index (κ1) is 23.3. The molecule has 0 unspecified atom stereocenters. The molecule has 0 spiro atoms. The van der Waals surface area contributed by atoms with Gasteiger partial charge in [-0.05, 0) is 75.5 Å². The quantitative estimate of drug-likeness (QED) is 0.662. The fourth-order valence-electron chi connectivity index (χ4n) is 5.25. The summed E-state index contributed by atoms with van der Waals surface area (Å²) in [6, 6.07) is 5.08. The van der Waals surface area contributed by atoms with Gasteiger partial charge >= 0.3 is 0 Å². The Morgan fingerprint density at radius 1 is 1.09 bits per heavy atom. The molecule has 1 N–H and O–H groups in total. The predicted octanol–water partition coefficient (Wildman–Crippen LogP) is 4.16. The summed E-state index contributed by atoms with van der Waals surface area (Å²) < 4.78 is 19.2. The lowest BCUT2D eigenvalue weighted by molar-refractivity contribution is 0.0931. The van der Waals surface area contributed by atoms with E-state index in [2.05, 4.69) is 24.5 Å². The van der Waals surface area contributed by atoms with Crippen molar-refractivity contribution in [3.8, 4) is 0 Å². The lowest BCUT2D eigenvalue weighted by Gasteiger charge is -2.40. The number of anilines is 3. The van der Waals surface area contributed by atoms with Crippen LogP contribution in [0.3, 0.4) is 0 Å². The number of carbonyl (C=O) groups is 1. The molecule has 2 saturated heterocycles. The highest BCUT2D eigenvalue weighted by Gasteiger charge is 2.39. The van der Waals surface area contributed by atoms with Crippen molar-refractivity contribution in [2.75, 3.05) is 55.0 Å². The van der Waals surface area contributed by atoms with E-state index in [-0.39, 0.29) is 17.0 Å². The van der Waals surface area contributed by atoms with Gasteiger partial charge in [0.25, 0.3) is 5.91 Å². The van der Waals surface area contributed by atoms with Gasteiger partial charge in [0.15, 0.2) is 0 Å². The highest BCUT2D eigenvalue weighted by atomic mass is 32.1. The Labute approximate surface area is 205 Å². The molecule has 9 heteroatoms. The standard InChI is InChI=1S/C25H35FN6OS/c1-25(10-11-25)28-22(33)20-5-4-19(16-21(20)26)31-12-6-17(7-13-31)18-8-14-32(15-9-18)24-27-23(29-34-24)30(2)3/h4-5,16-18H,6-15H2,1-3H3,(H,28,33). The molecule has 1 amide bonds. The molecule has 1 aromatic heterocycles. The first-order chi connectivity index (χ1) is 16.3. The molecular weight excluding hydrogens is 451 g/mol. The van der Waals surface area contributed by atoms with Crippen molar-refractivity contribution in [3.63, 3.8) is 0 Å². The molecule has 34 heavy (non-hydrogen) atoms. The zero-order valence-electron chi connectivity index (χ0n) is 20.4. The lowest BCUT2D eigenvalue weighted by Crippen LogP contribution is -2.41. The summed E-state index contributed by atoms with van der Waals surface area (Å²) in [6.07, 6.45) is 6.59. The maximum Gasteiger partial charge on any atom is 0.254 e. The number of nitrogens with zero attached hydrogens (tertiary/aromatic N) is 5. The third-order valence-corrected chi connectivity index (χ3v) is 8.57. The van der Waals surface area contributed by atoms with Gasteiger partial charge in [-0.1, -0.05) is 0 Å². The topological polar surface area (TPSA) is 64.6 Å². The SMILES string of the molecule is CN(C)c1nsc(N2CCC(C3CCN(c4ccc(C(=O)NC5(C)CC5)c(F)c4)CC3)CC2)n1. The Bertz CT molecular complexity index is 1020. The van der Waals surface area contributed by atoms with E-state index < -0.39 is 5.82 Å². The summed E-state index contributed by atoms with van der Waals surface area (Å²) in [5, 5.41) is 3.97. The second-order valence-corrected chi connectivity index (χ2v) is 11.3. The maximum atomic E-state index is 14.7. The zero-order chi connectivity index (χ0) is 23.9. The number of aromatic nitrogens is 2. The van der Waals surface area contributed by atoms with Crippen LogP contribution in [0.5, 0.6) is 0 Å². The minimum absolute atomic E-state index is 0.145. The van der Waals surface area contributed by atoms with Crippen LogP contribution in [0.4, 0.5) is 21.2 Å². The molecule has 1 aromatic carbocycles. The van der Waals surface area contributed by atoms with Crippen molar-refractivity contribution in [2.45, 2.75) is 51.0 Å². The summed E-state index contributed by atoms with van der Waals surface area (Å²) >= 11 is 1.49. The second kappa shape index (κ2) is 9.32. The fraction of sp³-hybridized carbons (Fsp3) is 0.640. The third-order valence-electron chi connectivity index (χ3n) is 7.80. The van der Waals surface area contributed by atoms with Crippen LogP contribution in [0.25, 0.3) is 0 Å². The van der Waals surface area contributed by atoms with Crippen LogP contribution in [0.2, 0.25) is 0 Å². The van der Waals surface area contributed by atoms with Crippen molar-refractivity contribution in [2.24, 2.45) is 11.8 Å². The number of halogens is 1. The molecule has 7 nitrogen and oxygen atoms in total. The van der Waals surface area contributed by atoms with Crippen molar-refractivity contribution in [3.05, 3.63) is 29.6 Å². The zero-order valence-corrected chi connectivity index (χ0v) is 21.2. The van der Waals surface area contributed by atoms with Crippen LogP contribution in [-0.2, 0) is 0 Å². The number of hydrogen-bond donors (Lipinski definition) is 1. The number of piperidine rings is 2. The van der Waals surface area contributed by atoms with E-state index in [1.165, 1.54) is 30.4 Å². The van der Waals surface area contributed by atoms with Gasteiger partial charge in [0.05, 0.1) is 5.56 Å². The number of amides is 1. The first-order valence-electron chi connectivity index (χ1n) is 12.4. The molecule has 0 radical (unpaired) electrons. The Morgan fingerprint density at radius 2 is 1.71 bits per heavy atom. The van der Waals surface area contributed by atoms with E-state index in [0.29, 0.717) is 0 Å². The number of rotatable bonds is 6. The second-order valence-electron chi connectivity index (χ2n) is 10.6. The summed E-state index contributed by atoms with van der Waals surface area (Å²) in [7, 11) is 3.94. The van der Waals surface area contributed by atoms with Crippen molar-refractivity contribution >= 4 is 34.2 Å². The average molecular weight is 487 g/mol. The van der Waals surface area contributed by atoms with E-state index in [9.17, 15) is 9.18 Å². The van der Waals surface area contributed by atoms with Gasteiger partial charge in [-0.2, -0.15) is 9.36 Å². The fourth-order valence-corrected chi connectivity index (χ4v) is 6.04. The molecule has 0 bridgehead atoms. The third kappa shape index (κ3) is 4.99. The van der Waals surface area contributed by atoms with Gasteiger partial charge in [-0.25, -0.2) is 4.39 Å². The monoisotopic (exact) mass is 486 g/mol. The Balaban J connectivity index is 1.12. The van der Waals surface area contributed by atoms with Crippen LogP contribution in [-0.4, -0.2) is 61.1 Å². The number of nitrogens with one attached hydrogen (secondary N) is 1. The predicted molar refractivity (Wildman–Crippen MR) is 136 cm³/mol. The molecule has 3 aliphatic rings. The van der Waals surface area contributed by atoms with Crippen LogP contribution in [0.1, 0.15) is 55.8 Å². The van der Waals surface area contributed by atoms with E-state index in [1.807, 2.05) is 32.0 Å². The minimum atomic E-state index is -0.428. The lowest BCUT2D eigenvalue weighted by atomic mass is 9.79. The molecule has 3 fully saturated rings. The normalized spacial score (nSPS) is 20.9. The Kier molecular flexibility index (Phi) is 6.39. The van der Waals surface area contributed by atoms with Crippen LogP contribution in [0, 0.1) is 17.7 Å². The minimum Gasteiger partial charge on any atom is -0.371 e. The molecule has 3 heterocycles. The average Bonchev–Trinajstić information content (AvgIpc) is 3.34. The highest BCUT2D eigenvalue weighted by molar-refractivity contribution is 7.09. The summed E-state index contributed by atoms with van der Waals surface area (Å²) in [5.74, 6) is 1.52. The number of carbonyl (C=O) groups excluding carboxylic acids is 1. The van der Waals surface area contributed by atoms with Gasteiger partial charge in [-0.15, -0.1) is 0 Å². The smallest absolute Gasteiger partial charge is 0.254 e. The van der Waals surface area contributed by atoms with Gasteiger partial charge in [-0.3, -0.25) is 4.79 Å². The van der Waals surface area contributed by atoms with E-state index in [0.717, 1.165) is 80.5 Å². The van der Waals surface area contributed by atoms with E-state index in [1.54, 1.807) is 6.07 Å². The van der Waals surface area contributed by atoms with Gasteiger partial charge in [0.2, 0.25) is 11.1 Å². The van der Waals surface area contributed by atoms with Crippen molar-refractivity contribution < 1.29 is 9.18 Å². The molecular formula is C25H35FN6OS.